The van der Waals surface area contributed by atoms with E-state index < -0.39 is 0 Å². The SMILES string of the molecule is CC1(C)C2CC3CC(C2)CC1C3.CC1(C)CC2CCC1C2.CCC1(C)C2CC3CC(C2)CC1C3.CCC1(C)CC2CCC1C2. The van der Waals surface area contributed by atoms with Crippen molar-refractivity contribution in [3.05, 3.63) is 0 Å². The molecule has 0 N–H and O–H groups in total. The third-order valence-corrected chi connectivity index (χ3v) is 18.6. The Morgan fingerprint density at radius 1 is 0.386 bits per heavy atom. The molecular weight excluding hydrogens is 528 g/mol. The average molecular weight is 605 g/mol. The van der Waals surface area contributed by atoms with E-state index in [1.165, 1.54) is 44.9 Å². The monoisotopic (exact) mass is 605 g/mol. The first-order valence-electron chi connectivity index (χ1n) is 20.8. The van der Waals surface area contributed by atoms with E-state index in [0.717, 1.165) is 81.8 Å². The van der Waals surface area contributed by atoms with Crippen LogP contribution >= 0.6 is 0 Å². The molecular formula is C44H76. The van der Waals surface area contributed by atoms with Crippen LogP contribution in [0.25, 0.3) is 0 Å². The molecule has 12 rings (SSSR count). The largest absolute Gasteiger partial charge is 0.0649 e. The second-order valence-electron chi connectivity index (χ2n) is 21.4. The van der Waals surface area contributed by atoms with Crippen LogP contribution in [0.5, 0.6) is 0 Å². The Bertz CT molecular complexity index is 940. The quantitative estimate of drug-likeness (QED) is 0.294. The third kappa shape index (κ3) is 5.83. The highest BCUT2D eigenvalue weighted by molar-refractivity contribution is 5.04. The van der Waals surface area contributed by atoms with E-state index in [9.17, 15) is 0 Å². The number of fused-ring (bicyclic) bond motifs is 4. The van der Waals surface area contributed by atoms with Gasteiger partial charge in [-0.1, -0.05) is 81.1 Å². The van der Waals surface area contributed by atoms with E-state index in [-0.39, 0.29) is 0 Å². The van der Waals surface area contributed by atoms with E-state index in [4.69, 9.17) is 0 Å². The van der Waals surface area contributed by atoms with Crippen LogP contribution in [0.1, 0.15) is 184 Å². The van der Waals surface area contributed by atoms with Crippen molar-refractivity contribution in [3.63, 3.8) is 0 Å². The Kier molecular flexibility index (Phi) is 8.77. The molecule has 0 amide bonds. The Morgan fingerprint density at radius 3 is 1.07 bits per heavy atom. The minimum atomic E-state index is 0.702. The van der Waals surface area contributed by atoms with Gasteiger partial charge in [0, 0.05) is 0 Å². The fraction of sp³-hybridized carbons (Fsp3) is 1.00. The highest BCUT2D eigenvalue weighted by Crippen LogP contribution is 2.64. The number of rotatable bonds is 2. The lowest BCUT2D eigenvalue weighted by Crippen LogP contribution is -2.51. The van der Waals surface area contributed by atoms with Gasteiger partial charge in [0.05, 0.1) is 0 Å². The number of hydrogen-bond donors (Lipinski definition) is 0. The van der Waals surface area contributed by atoms with Gasteiger partial charge in [-0.3, -0.25) is 0 Å². The van der Waals surface area contributed by atoms with E-state index >= 15 is 0 Å². The molecule has 252 valence electrons. The summed E-state index contributed by atoms with van der Waals surface area (Å²) in [4.78, 5) is 0. The summed E-state index contributed by atoms with van der Waals surface area (Å²) in [6.45, 7) is 19.8. The van der Waals surface area contributed by atoms with Gasteiger partial charge in [-0.15, -0.1) is 0 Å². The predicted octanol–water partition coefficient (Wildman–Crippen LogP) is 13.4. The van der Waals surface area contributed by atoms with Crippen LogP contribution in [0.3, 0.4) is 0 Å². The van der Waals surface area contributed by atoms with Crippen molar-refractivity contribution in [1.82, 2.24) is 0 Å². The van der Waals surface area contributed by atoms with Gasteiger partial charge in [-0.05, 0) is 195 Å². The van der Waals surface area contributed by atoms with Crippen LogP contribution in [0.4, 0.5) is 0 Å². The molecule has 0 aromatic rings. The summed E-state index contributed by atoms with van der Waals surface area (Å²) in [5.41, 5.74) is 2.91. The van der Waals surface area contributed by atoms with Gasteiger partial charge in [0.2, 0.25) is 0 Å². The molecule has 0 aliphatic heterocycles. The summed E-state index contributed by atoms with van der Waals surface area (Å²) in [6.07, 6.45) is 30.9. The Labute approximate surface area is 275 Å². The van der Waals surface area contributed by atoms with Crippen LogP contribution < -0.4 is 0 Å². The summed E-state index contributed by atoms with van der Waals surface area (Å²) in [5, 5.41) is 0. The molecule has 12 bridgehead atoms. The second-order valence-corrected chi connectivity index (χ2v) is 21.4. The van der Waals surface area contributed by atoms with Gasteiger partial charge < -0.3 is 0 Å². The fourth-order valence-corrected chi connectivity index (χ4v) is 15.3. The Hall–Kier alpha value is 0. The van der Waals surface area contributed by atoms with Gasteiger partial charge in [0.15, 0.2) is 0 Å². The second kappa shape index (κ2) is 11.9. The molecule has 0 heteroatoms. The summed E-state index contributed by atoms with van der Waals surface area (Å²) in [6, 6.07) is 0. The predicted molar refractivity (Wildman–Crippen MR) is 189 cm³/mol. The molecule has 0 heterocycles. The van der Waals surface area contributed by atoms with Crippen molar-refractivity contribution < 1.29 is 0 Å². The first-order valence-corrected chi connectivity index (χ1v) is 20.8. The van der Waals surface area contributed by atoms with Crippen molar-refractivity contribution in [1.29, 1.82) is 0 Å². The molecule has 0 aromatic carbocycles. The van der Waals surface area contributed by atoms with Gasteiger partial charge in [-0.25, -0.2) is 0 Å². The van der Waals surface area contributed by atoms with Crippen LogP contribution in [-0.4, -0.2) is 0 Å². The Morgan fingerprint density at radius 2 is 0.795 bits per heavy atom. The van der Waals surface area contributed by atoms with Crippen molar-refractivity contribution in [2.24, 2.45) is 92.7 Å². The highest BCUT2D eigenvalue weighted by Gasteiger charge is 2.54. The van der Waals surface area contributed by atoms with Crippen molar-refractivity contribution in [2.45, 2.75) is 184 Å². The van der Waals surface area contributed by atoms with Crippen molar-refractivity contribution >= 4 is 0 Å². The van der Waals surface area contributed by atoms with Gasteiger partial charge in [-0.2, -0.15) is 0 Å². The van der Waals surface area contributed by atoms with Gasteiger partial charge >= 0.3 is 0 Å². The maximum Gasteiger partial charge on any atom is -0.0271 e. The van der Waals surface area contributed by atoms with Crippen LogP contribution in [0.15, 0.2) is 0 Å². The first-order chi connectivity index (χ1) is 20.8. The van der Waals surface area contributed by atoms with E-state index in [1.807, 2.05) is 0 Å². The smallest absolute Gasteiger partial charge is 0.0271 e. The number of hydrogen-bond acceptors (Lipinski definition) is 0. The lowest BCUT2D eigenvalue weighted by molar-refractivity contribution is -0.1000. The molecule has 5 unspecified atom stereocenters. The molecule has 5 atom stereocenters. The van der Waals surface area contributed by atoms with E-state index in [0.29, 0.717) is 10.8 Å². The molecule has 44 heavy (non-hydrogen) atoms. The van der Waals surface area contributed by atoms with Gasteiger partial charge in [0.25, 0.3) is 0 Å². The molecule has 12 fully saturated rings. The molecule has 12 aliphatic carbocycles. The lowest BCUT2D eigenvalue weighted by atomic mass is 9.45. The minimum absolute atomic E-state index is 0.702. The molecule has 0 nitrogen and oxygen atoms in total. The molecule has 0 spiro atoms. The van der Waals surface area contributed by atoms with Crippen molar-refractivity contribution in [3.8, 4) is 0 Å². The molecule has 12 saturated carbocycles. The van der Waals surface area contributed by atoms with Crippen molar-refractivity contribution in [2.75, 3.05) is 0 Å². The zero-order chi connectivity index (χ0) is 31.1. The normalized spacial score (nSPS) is 53.5. The first kappa shape index (κ1) is 32.5. The zero-order valence-electron chi connectivity index (χ0n) is 31.1. The van der Waals surface area contributed by atoms with E-state index in [1.54, 1.807) is 83.5 Å². The minimum Gasteiger partial charge on any atom is -0.0649 e. The molecule has 0 aromatic heterocycles. The van der Waals surface area contributed by atoms with Gasteiger partial charge in [0.1, 0.15) is 0 Å². The molecule has 0 saturated heterocycles. The fourth-order valence-electron chi connectivity index (χ4n) is 15.3. The third-order valence-electron chi connectivity index (χ3n) is 18.6. The maximum atomic E-state index is 2.58. The summed E-state index contributed by atoms with van der Waals surface area (Å²) in [5.74, 6) is 13.4. The van der Waals surface area contributed by atoms with E-state index in [2.05, 4.69) is 55.4 Å². The zero-order valence-corrected chi connectivity index (χ0v) is 31.1. The topological polar surface area (TPSA) is 0 Å². The Balaban J connectivity index is 0.0000000957. The standard InChI is InChI=1S/C13H22.C12H20.C10H18.C9H16/c1-3-13(2)11-5-9-4-10(7-11)8-12(13)6-9;1-12(2)10-4-8-3-9(6-10)7-11(12)5-8;1-3-10(2)7-8-4-5-9(10)6-8;1-9(2)6-7-3-4-8(9)5-7/h9-12H,3-8H2,1-2H3;8-11H,3-7H2,1-2H3;8-9H,3-7H2,1-2H3;7-8H,3-6H2,1-2H3. The van der Waals surface area contributed by atoms with Crippen LogP contribution in [0, 0.1) is 92.7 Å². The average Bonchev–Trinajstić information content (AvgIpc) is 3.76. The maximum absolute atomic E-state index is 2.58. The van der Waals surface area contributed by atoms with Crippen LogP contribution in [-0.2, 0) is 0 Å². The molecule has 0 radical (unpaired) electrons. The molecule has 12 aliphatic rings. The lowest BCUT2D eigenvalue weighted by Gasteiger charge is -2.60. The highest BCUT2D eigenvalue weighted by atomic mass is 14.6. The summed E-state index contributed by atoms with van der Waals surface area (Å²) >= 11 is 0. The summed E-state index contributed by atoms with van der Waals surface area (Å²) in [7, 11) is 0. The van der Waals surface area contributed by atoms with Crippen LogP contribution in [0.2, 0.25) is 0 Å². The summed E-state index contributed by atoms with van der Waals surface area (Å²) < 4.78 is 0.